The van der Waals surface area contributed by atoms with Crippen LogP contribution >= 0.6 is 0 Å². The summed E-state index contributed by atoms with van der Waals surface area (Å²) in [5.41, 5.74) is 10.7. The molecule has 2 nitrogen and oxygen atoms in total. The van der Waals surface area contributed by atoms with Crippen molar-refractivity contribution < 1.29 is 0 Å². The first-order valence-corrected chi connectivity index (χ1v) is 9.61. The quantitative estimate of drug-likeness (QED) is 0.640. The van der Waals surface area contributed by atoms with Crippen molar-refractivity contribution in [2.45, 2.75) is 61.6 Å². The van der Waals surface area contributed by atoms with Crippen LogP contribution < -0.4 is 9.80 Å². The molecule has 0 aliphatic carbocycles. The zero-order chi connectivity index (χ0) is 19.2. The van der Waals surface area contributed by atoms with E-state index in [4.69, 9.17) is 0 Å². The van der Waals surface area contributed by atoms with Crippen molar-refractivity contribution in [1.82, 2.24) is 0 Å². The van der Waals surface area contributed by atoms with Crippen LogP contribution in [-0.4, -0.2) is 6.17 Å². The molecule has 138 valence electrons. The van der Waals surface area contributed by atoms with Crippen molar-refractivity contribution >= 4 is 11.4 Å². The summed E-state index contributed by atoms with van der Waals surface area (Å²) in [6.45, 7) is 17.9. The molecule has 0 radical (unpaired) electrons. The van der Waals surface area contributed by atoms with Gasteiger partial charge in [0.05, 0.1) is 0 Å². The van der Waals surface area contributed by atoms with E-state index in [-0.39, 0.29) is 6.17 Å². The minimum atomic E-state index is 0.287. The van der Waals surface area contributed by atoms with Crippen LogP contribution in [0.25, 0.3) is 0 Å². The van der Waals surface area contributed by atoms with Crippen LogP contribution in [-0.2, 0) is 0 Å². The molecule has 0 fully saturated rings. The van der Waals surface area contributed by atoms with Gasteiger partial charge in [0.1, 0.15) is 6.17 Å². The van der Waals surface area contributed by atoms with E-state index in [1.165, 1.54) is 44.8 Å². The fourth-order valence-electron chi connectivity index (χ4n) is 4.67. The fourth-order valence-corrected chi connectivity index (χ4v) is 4.67. The molecule has 1 aliphatic heterocycles. The summed E-state index contributed by atoms with van der Waals surface area (Å²) in [7, 11) is 0. The molecule has 1 heterocycles. The number of hydrogen-bond acceptors (Lipinski definition) is 2. The monoisotopic (exact) mass is 348 g/mol. The Hall–Kier alpha value is -2.22. The second-order valence-electron chi connectivity index (χ2n) is 8.26. The van der Waals surface area contributed by atoms with E-state index >= 15 is 0 Å². The van der Waals surface area contributed by atoms with E-state index < -0.39 is 0 Å². The van der Waals surface area contributed by atoms with E-state index in [1.807, 2.05) is 0 Å². The summed E-state index contributed by atoms with van der Waals surface area (Å²) in [6.07, 6.45) is 4.80. The number of hydrogen-bond donors (Lipinski definition) is 0. The highest BCUT2D eigenvalue weighted by Crippen LogP contribution is 2.39. The molecule has 0 saturated heterocycles. The van der Waals surface area contributed by atoms with Crippen LogP contribution in [0.1, 0.15) is 47.2 Å². The molecule has 2 aromatic carbocycles. The Morgan fingerprint density at radius 2 is 0.923 bits per heavy atom. The van der Waals surface area contributed by atoms with E-state index in [2.05, 4.69) is 102 Å². The van der Waals surface area contributed by atoms with Crippen molar-refractivity contribution in [3.05, 3.63) is 70.0 Å². The van der Waals surface area contributed by atoms with Crippen LogP contribution in [0.2, 0.25) is 0 Å². The van der Waals surface area contributed by atoms with Gasteiger partial charge in [0, 0.05) is 23.8 Å². The topological polar surface area (TPSA) is 6.48 Å². The van der Waals surface area contributed by atoms with Gasteiger partial charge in [0.25, 0.3) is 0 Å². The van der Waals surface area contributed by atoms with Crippen LogP contribution in [0, 0.1) is 47.5 Å². The SMILES string of the molecule is Cc1cc(C)c(N2C=CN(c3c(C)cc(C)cc3C)C2C(C)C)c(C)c1. The fraction of sp³-hybridized carbons (Fsp3) is 0.417. The van der Waals surface area contributed by atoms with Gasteiger partial charge in [-0.3, -0.25) is 0 Å². The molecule has 2 aromatic rings. The Balaban J connectivity index is 2.10. The third-order valence-electron chi connectivity index (χ3n) is 5.34. The molecular weight excluding hydrogens is 316 g/mol. The molecule has 0 amide bonds. The molecule has 0 atom stereocenters. The normalized spacial score (nSPS) is 14.8. The third-order valence-corrected chi connectivity index (χ3v) is 5.34. The lowest BCUT2D eigenvalue weighted by molar-refractivity contribution is 0.499. The van der Waals surface area contributed by atoms with Crippen LogP contribution in [0.4, 0.5) is 11.4 Å². The number of aryl methyl sites for hydroxylation is 6. The first-order chi connectivity index (χ1) is 12.2. The lowest BCUT2D eigenvalue weighted by atomic mass is 10.00. The molecule has 1 aliphatic rings. The van der Waals surface area contributed by atoms with Crippen molar-refractivity contribution in [3.8, 4) is 0 Å². The predicted molar refractivity (Wildman–Crippen MR) is 114 cm³/mol. The zero-order valence-corrected chi connectivity index (χ0v) is 17.5. The minimum absolute atomic E-state index is 0.287. The van der Waals surface area contributed by atoms with Crippen molar-refractivity contribution in [2.24, 2.45) is 5.92 Å². The third kappa shape index (κ3) is 3.13. The average Bonchev–Trinajstić information content (AvgIpc) is 2.89. The molecule has 0 bridgehead atoms. The molecular formula is C24H32N2. The molecule has 3 rings (SSSR count). The van der Waals surface area contributed by atoms with Crippen molar-refractivity contribution in [1.29, 1.82) is 0 Å². The van der Waals surface area contributed by atoms with E-state index in [0.717, 1.165) is 0 Å². The Morgan fingerprint density at radius 3 is 1.19 bits per heavy atom. The highest BCUT2D eigenvalue weighted by Gasteiger charge is 2.33. The van der Waals surface area contributed by atoms with Gasteiger partial charge >= 0.3 is 0 Å². The summed E-state index contributed by atoms with van der Waals surface area (Å²) in [5, 5.41) is 0. The van der Waals surface area contributed by atoms with Gasteiger partial charge in [-0.25, -0.2) is 0 Å². The summed E-state index contributed by atoms with van der Waals surface area (Å²) < 4.78 is 0. The molecule has 26 heavy (non-hydrogen) atoms. The minimum Gasteiger partial charge on any atom is -0.325 e. The first-order valence-electron chi connectivity index (χ1n) is 9.61. The summed E-state index contributed by atoms with van der Waals surface area (Å²) in [5.74, 6) is 0.491. The summed E-state index contributed by atoms with van der Waals surface area (Å²) in [6, 6.07) is 9.16. The van der Waals surface area contributed by atoms with E-state index in [1.54, 1.807) is 0 Å². The van der Waals surface area contributed by atoms with Gasteiger partial charge in [-0.15, -0.1) is 0 Å². The molecule has 0 aromatic heterocycles. The van der Waals surface area contributed by atoms with Crippen molar-refractivity contribution in [2.75, 3.05) is 9.80 Å². The lowest BCUT2D eigenvalue weighted by Crippen LogP contribution is -2.44. The molecule has 0 saturated carbocycles. The van der Waals surface area contributed by atoms with Crippen LogP contribution in [0.5, 0.6) is 0 Å². The Morgan fingerprint density at radius 1 is 0.615 bits per heavy atom. The maximum absolute atomic E-state index is 2.47. The van der Waals surface area contributed by atoms with Gasteiger partial charge in [-0.2, -0.15) is 0 Å². The number of benzene rings is 2. The van der Waals surface area contributed by atoms with Gasteiger partial charge in [0.15, 0.2) is 0 Å². The average molecular weight is 349 g/mol. The van der Waals surface area contributed by atoms with Gasteiger partial charge in [-0.05, 0) is 69.7 Å². The maximum Gasteiger partial charge on any atom is 0.112 e. The molecule has 0 N–H and O–H groups in total. The number of nitrogens with zero attached hydrogens (tertiary/aromatic N) is 2. The standard InChI is InChI=1S/C24H32N2/c1-15(2)24-25(22-18(5)11-16(3)12-19(22)6)9-10-26(24)23-20(7)13-17(4)14-21(23)8/h9-15,24H,1-8H3. The van der Waals surface area contributed by atoms with Crippen molar-refractivity contribution in [3.63, 3.8) is 0 Å². The smallest absolute Gasteiger partial charge is 0.112 e. The van der Waals surface area contributed by atoms with Gasteiger partial charge in [0.2, 0.25) is 0 Å². The van der Waals surface area contributed by atoms with Gasteiger partial charge < -0.3 is 9.80 Å². The van der Waals surface area contributed by atoms with Crippen LogP contribution in [0.15, 0.2) is 36.7 Å². The molecule has 0 spiro atoms. The van der Waals surface area contributed by atoms with Crippen LogP contribution in [0.3, 0.4) is 0 Å². The maximum atomic E-state index is 2.47. The molecule has 2 heteroatoms. The van der Waals surface area contributed by atoms with E-state index in [9.17, 15) is 0 Å². The number of anilines is 2. The Labute approximate surface area is 159 Å². The second-order valence-corrected chi connectivity index (χ2v) is 8.26. The highest BCUT2D eigenvalue weighted by atomic mass is 15.4. The Bertz CT molecular complexity index is 747. The van der Waals surface area contributed by atoms with Gasteiger partial charge in [-0.1, -0.05) is 49.2 Å². The molecule has 0 unspecified atom stereocenters. The van der Waals surface area contributed by atoms with E-state index in [0.29, 0.717) is 5.92 Å². The second kappa shape index (κ2) is 6.83. The highest BCUT2D eigenvalue weighted by molar-refractivity contribution is 5.70. The summed E-state index contributed by atoms with van der Waals surface area (Å²) in [4.78, 5) is 4.93. The Kier molecular flexibility index (Phi) is 4.88. The zero-order valence-electron chi connectivity index (χ0n) is 17.5. The predicted octanol–water partition coefficient (Wildman–Crippen LogP) is 6.32. The lowest BCUT2D eigenvalue weighted by Gasteiger charge is -2.38. The number of rotatable bonds is 3. The summed E-state index contributed by atoms with van der Waals surface area (Å²) >= 11 is 0. The largest absolute Gasteiger partial charge is 0.325 e. The first kappa shape index (κ1) is 18.6.